The van der Waals surface area contributed by atoms with Gasteiger partial charge in [-0.15, -0.1) is 0 Å². The fourth-order valence-corrected chi connectivity index (χ4v) is 3.20. The number of rotatable bonds is 3. The van der Waals surface area contributed by atoms with Gasteiger partial charge in [-0.25, -0.2) is 4.98 Å². The van der Waals surface area contributed by atoms with Crippen LogP contribution in [0, 0.1) is 0 Å². The third kappa shape index (κ3) is 2.73. The number of carbonyl (C=O) groups excluding carboxylic acids is 1. The van der Waals surface area contributed by atoms with E-state index in [1.165, 1.54) is 0 Å². The zero-order valence-corrected chi connectivity index (χ0v) is 13.9. The maximum Gasteiger partial charge on any atom is 0.222 e. The highest BCUT2D eigenvalue weighted by molar-refractivity contribution is 6.29. The van der Waals surface area contributed by atoms with Crippen LogP contribution in [0.3, 0.4) is 0 Å². The number of likely N-dealkylation sites (tertiary alicyclic amines) is 1. The number of halogens is 1. The van der Waals surface area contributed by atoms with Crippen LogP contribution in [0.2, 0.25) is 5.15 Å². The van der Waals surface area contributed by atoms with Crippen molar-refractivity contribution in [3.05, 3.63) is 41.9 Å². The number of hydrogen-bond acceptors (Lipinski definition) is 4. The van der Waals surface area contributed by atoms with Gasteiger partial charge in [0, 0.05) is 37.0 Å². The van der Waals surface area contributed by atoms with Gasteiger partial charge in [0.05, 0.1) is 29.8 Å². The summed E-state index contributed by atoms with van der Waals surface area (Å²) in [5.74, 6) is 0.203. The molecule has 1 aliphatic rings. The van der Waals surface area contributed by atoms with Crippen LogP contribution in [0.15, 0.2) is 36.8 Å². The molecule has 4 heterocycles. The molecular weight excluding hydrogens is 326 g/mol. The number of amides is 1. The molecule has 4 rings (SSSR count). The highest BCUT2D eigenvalue weighted by Gasteiger charge is 2.27. The van der Waals surface area contributed by atoms with E-state index in [0.29, 0.717) is 18.1 Å². The molecule has 0 saturated carbocycles. The number of carbonyl (C=O) groups is 1. The molecule has 0 N–H and O–H groups in total. The smallest absolute Gasteiger partial charge is 0.222 e. The summed E-state index contributed by atoms with van der Waals surface area (Å²) in [6, 6.07) is 5.75. The van der Waals surface area contributed by atoms with Crippen molar-refractivity contribution in [3.8, 4) is 11.1 Å². The molecule has 0 unspecified atom stereocenters. The number of nitrogens with zero attached hydrogens (tertiary/aromatic N) is 5. The Balaban J connectivity index is 1.59. The summed E-state index contributed by atoms with van der Waals surface area (Å²) in [5.41, 5.74) is 3.48. The molecule has 1 atom stereocenters. The third-order valence-corrected chi connectivity index (χ3v) is 4.71. The van der Waals surface area contributed by atoms with E-state index in [0.717, 1.165) is 28.6 Å². The summed E-state index contributed by atoms with van der Waals surface area (Å²) in [5, 5.41) is 4.87. The third-order valence-electron chi connectivity index (χ3n) is 4.50. The van der Waals surface area contributed by atoms with E-state index < -0.39 is 0 Å². The highest BCUT2D eigenvalue weighted by atomic mass is 35.5. The monoisotopic (exact) mass is 341 g/mol. The Morgan fingerprint density at radius 2 is 2.12 bits per heavy atom. The Kier molecular flexibility index (Phi) is 3.69. The lowest BCUT2D eigenvalue weighted by atomic mass is 10.1. The lowest BCUT2D eigenvalue weighted by Gasteiger charge is -2.19. The van der Waals surface area contributed by atoms with Crippen LogP contribution in [-0.4, -0.2) is 43.6 Å². The summed E-state index contributed by atoms with van der Waals surface area (Å²) >= 11 is 5.95. The van der Waals surface area contributed by atoms with E-state index in [1.807, 2.05) is 47.4 Å². The number of likely N-dealkylation sites (N-methyl/N-ethyl adjacent to an activating group) is 1. The van der Waals surface area contributed by atoms with Crippen LogP contribution < -0.4 is 0 Å². The average Bonchev–Trinajstić information content (AvgIpc) is 3.16. The largest absolute Gasteiger partial charge is 0.341 e. The van der Waals surface area contributed by atoms with Gasteiger partial charge < -0.3 is 4.90 Å². The number of pyridine rings is 2. The molecular formula is C17H16ClN5O. The van der Waals surface area contributed by atoms with Crippen molar-refractivity contribution in [2.24, 2.45) is 0 Å². The van der Waals surface area contributed by atoms with Gasteiger partial charge in [-0.1, -0.05) is 11.6 Å². The summed E-state index contributed by atoms with van der Waals surface area (Å²) in [7, 11) is 1.85. The Morgan fingerprint density at radius 3 is 2.92 bits per heavy atom. The minimum Gasteiger partial charge on any atom is -0.341 e. The molecule has 1 saturated heterocycles. The first-order valence-electron chi connectivity index (χ1n) is 7.81. The topological polar surface area (TPSA) is 63.9 Å². The Hall–Kier alpha value is -2.47. The minimum atomic E-state index is 0.203. The van der Waals surface area contributed by atoms with Gasteiger partial charge in [0.2, 0.25) is 5.91 Å². The van der Waals surface area contributed by atoms with Crippen molar-refractivity contribution in [2.45, 2.75) is 25.4 Å². The van der Waals surface area contributed by atoms with Crippen molar-refractivity contribution in [3.63, 3.8) is 0 Å². The standard InChI is InChI=1S/C17H16ClN5O/c1-22-13(2-5-17(22)24)10-23-9-12(8-20-23)11-6-15-14(19-7-11)3-4-16(18)21-15/h3-4,6-9,13H,2,5,10H2,1H3/t13-/m0/s1. The number of fused-ring (bicyclic) bond motifs is 1. The van der Waals surface area contributed by atoms with Gasteiger partial charge in [-0.05, 0) is 24.6 Å². The molecule has 24 heavy (non-hydrogen) atoms. The summed E-state index contributed by atoms with van der Waals surface area (Å²) < 4.78 is 1.88. The van der Waals surface area contributed by atoms with E-state index >= 15 is 0 Å². The summed E-state index contributed by atoms with van der Waals surface area (Å²) in [6.07, 6.45) is 7.10. The van der Waals surface area contributed by atoms with Gasteiger partial charge in [0.25, 0.3) is 0 Å². The Morgan fingerprint density at radius 1 is 1.25 bits per heavy atom. The summed E-state index contributed by atoms with van der Waals surface area (Å²) in [4.78, 5) is 22.2. The predicted octanol–water partition coefficient (Wildman–Crippen LogP) is 2.77. The van der Waals surface area contributed by atoms with Gasteiger partial charge in [0.1, 0.15) is 5.15 Å². The van der Waals surface area contributed by atoms with Crippen LogP contribution in [0.25, 0.3) is 22.2 Å². The molecule has 1 amide bonds. The van der Waals surface area contributed by atoms with Gasteiger partial charge >= 0.3 is 0 Å². The first-order chi connectivity index (χ1) is 11.6. The molecule has 0 spiro atoms. The molecule has 0 aliphatic carbocycles. The molecule has 0 bridgehead atoms. The molecule has 0 aromatic carbocycles. The zero-order valence-electron chi connectivity index (χ0n) is 13.2. The molecule has 3 aromatic rings. The van der Waals surface area contributed by atoms with Crippen molar-refractivity contribution in [2.75, 3.05) is 7.05 Å². The quantitative estimate of drug-likeness (QED) is 0.687. The van der Waals surface area contributed by atoms with E-state index in [9.17, 15) is 4.79 Å². The molecule has 6 nitrogen and oxygen atoms in total. The maximum absolute atomic E-state index is 11.6. The van der Waals surface area contributed by atoms with Gasteiger partial charge in [0.15, 0.2) is 0 Å². The van der Waals surface area contributed by atoms with Crippen LogP contribution >= 0.6 is 11.6 Å². The van der Waals surface area contributed by atoms with Crippen molar-refractivity contribution in [1.82, 2.24) is 24.6 Å². The SMILES string of the molecule is CN1C(=O)CC[C@H]1Cn1cc(-c2cnc3ccc(Cl)nc3c2)cn1. The molecule has 0 radical (unpaired) electrons. The Labute approximate surface area is 144 Å². The lowest BCUT2D eigenvalue weighted by molar-refractivity contribution is -0.127. The zero-order chi connectivity index (χ0) is 16.7. The van der Waals surface area contributed by atoms with Crippen molar-refractivity contribution in [1.29, 1.82) is 0 Å². The average molecular weight is 342 g/mol. The van der Waals surface area contributed by atoms with Gasteiger partial charge in [-0.2, -0.15) is 5.10 Å². The minimum absolute atomic E-state index is 0.203. The number of hydrogen-bond donors (Lipinski definition) is 0. The molecule has 122 valence electrons. The molecule has 1 aliphatic heterocycles. The first-order valence-corrected chi connectivity index (χ1v) is 8.19. The molecule has 3 aromatic heterocycles. The van der Waals surface area contributed by atoms with Crippen molar-refractivity contribution >= 4 is 28.5 Å². The fourth-order valence-electron chi connectivity index (χ4n) is 3.05. The second kappa shape index (κ2) is 5.87. The summed E-state index contributed by atoms with van der Waals surface area (Å²) in [6.45, 7) is 0.702. The molecule has 7 heteroatoms. The fraction of sp³-hybridized carbons (Fsp3) is 0.294. The van der Waals surface area contributed by atoms with E-state index in [-0.39, 0.29) is 11.9 Å². The van der Waals surface area contributed by atoms with E-state index in [4.69, 9.17) is 11.6 Å². The predicted molar refractivity (Wildman–Crippen MR) is 91.6 cm³/mol. The van der Waals surface area contributed by atoms with E-state index in [1.54, 1.807) is 6.07 Å². The van der Waals surface area contributed by atoms with E-state index in [2.05, 4.69) is 15.1 Å². The normalized spacial score (nSPS) is 17.8. The first kappa shape index (κ1) is 15.1. The maximum atomic E-state index is 11.6. The lowest BCUT2D eigenvalue weighted by Crippen LogP contribution is -2.32. The molecule has 1 fully saturated rings. The number of aromatic nitrogens is 4. The van der Waals surface area contributed by atoms with Crippen LogP contribution in [-0.2, 0) is 11.3 Å². The van der Waals surface area contributed by atoms with Crippen LogP contribution in [0.1, 0.15) is 12.8 Å². The highest BCUT2D eigenvalue weighted by Crippen LogP contribution is 2.23. The van der Waals surface area contributed by atoms with Crippen molar-refractivity contribution < 1.29 is 4.79 Å². The second-order valence-corrected chi connectivity index (χ2v) is 6.43. The van der Waals surface area contributed by atoms with Gasteiger partial charge in [-0.3, -0.25) is 14.5 Å². The van der Waals surface area contributed by atoms with Crippen LogP contribution in [0.5, 0.6) is 0 Å². The second-order valence-electron chi connectivity index (χ2n) is 6.04. The Bertz CT molecular complexity index is 922. The van der Waals surface area contributed by atoms with Crippen LogP contribution in [0.4, 0.5) is 0 Å².